The summed E-state index contributed by atoms with van der Waals surface area (Å²) in [4.78, 5) is 0. The van der Waals surface area contributed by atoms with Crippen molar-refractivity contribution in [3.05, 3.63) is 29.8 Å². The minimum atomic E-state index is 0.337. The quantitative estimate of drug-likeness (QED) is 0.777. The third kappa shape index (κ3) is 2.86. The van der Waals surface area contributed by atoms with Gasteiger partial charge in [-0.2, -0.15) is 0 Å². The topological polar surface area (TPSA) is 21.3 Å². The Morgan fingerprint density at radius 3 is 2.72 bits per heavy atom. The van der Waals surface area contributed by atoms with E-state index >= 15 is 0 Å². The third-order valence-corrected chi connectivity index (χ3v) is 4.13. The fraction of sp³-hybridized carbons (Fsp3) is 0.625. The summed E-state index contributed by atoms with van der Waals surface area (Å²) in [5.74, 6) is 0.981. The van der Waals surface area contributed by atoms with Crippen molar-refractivity contribution >= 4 is 0 Å². The molecule has 18 heavy (non-hydrogen) atoms. The minimum absolute atomic E-state index is 0.337. The fourth-order valence-electron chi connectivity index (χ4n) is 3.08. The molecule has 1 aromatic carbocycles. The average Bonchev–Trinajstić information content (AvgIpc) is 2.89. The van der Waals surface area contributed by atoms with Gasteiger partial charge in [-0.05, 0) is 43.5 Å². The molecule has 0 amide bonds. The normalized spacial score (nSPS) is 17.9. The SMILES string of the molecule is CCCNCC1(c2cccc(OC)c2)CCCC1. The van der Waals surface area contributed by atoms with E-state index in [1.807, 2.05) is 6.07 Å². The van der Waals surface area contributed by atoms with Crippen LogP contribution in [0.15, 0.2) is 24.3 Å². The first-order chi connectivity index (χ1) is 8.80. The van der Waals surface area contributed by atoms with Gasteiger partial charge in [0.25, 0.3) is 0 Å². The van der Waals surface area contributed by atoms with Crippen LogP contribution in [0.5, 0.6) is 5.75 Å². The summed E-state index contributed by atoms with van der Waals surface area (Å²) in [6.07, 6.45) is 6.51. The Morgan fingerprint density at radius 2 is 2.06 bits per heavy atom. The highest BCUT2D eigenvalue weighted by molar-refractivity contribution is 5.35. The standard InChI is InChI=1S/C16H25NO/c1-3-11-17-13-16(9-4-5-10-16)14-7-6-8-15(12-14)18-2/h6-8,12,17H,3-5,9-11,13H2,1-2H3. The molecule has 1 fully saturated rings. The summed E-state index contributed by atoms with van der Waals surface area (Å²) in [5.41, 5.74) is 1.78. The van der Waals surface area contributed by atoms with Crippen LogP contribution in [-0.4, -0.2) is 20.2 Å². The number of methoxy groups -OCH3 is 1. The molecule has 1 aliphatic carbocycles. The summed E-state index contributed by atoms with van der Waals surface area (Å²) in [6.45, 7) is 4.44. The van der Waals surface area contributed by atoms with E-state index in [2.05, 4.69) is 30.4 Å². The lowest BCUT2D eigenvalue weighted by atomic mass is 9.78. The maximum atomic E-state index is 5.36. The second kappa shape index (κ2) is 6.24. The molecular weight excluding hydrogens is 222 g/mol. The first-order valence-electron chi connectivity index (χ1n) is 7.16. The van der Waals surface area contributed by atoms with Crippen LogP contribution in [0.4, 0.5) is 0 Å². The molecule has 0 aromatic heterocycles. The van der Waals surface area contributed by atoms with E-state index in [0.29, 0.717) is 5.41 Å². The van der Waals surface area contributed by atoms with Gasteiger partial charge in [0.2, 0.25) is 0 Å². The van der Waals surface area contributed by atoms with Crippen LogP contribution in [0.1, 0.15) is 44.6 Å². The highest BCUT2D eigenvalue weighted by atomic mass is 16.5. The molecule has 1 aromatic rings. The molecule has 1 saturated carbocycles. The Morgan fingerprint density at radius 1 is 1.28 bits per heavy atom. The van der Waals surface area contributed by atoms with Crippen molar-refractivity contribution in [1.82, 2.24) is 5.32 Å². The van der Waals surface area contributed by atoms with Gasteiger partial charge in [-0.1, -0.05) is 31.9 Å². The maximum Gasteiger partial charge on any atom is 0.119 e. The number of benzene rings is 1. The van der Waals surface area contributed by atoms with E-state index < -0.39 is 0 Å². The van der Waals surface area contributed by atoms with E-state index in [1.165, 1.54) is 37.7 Å². The molecule has 2 nitrogen and oxygen atoms in total. The molecular formula is C16H25NO. The first kappa shape index (κ1) is 13.4. The van der Waals surface area contributed by atoms with Crippen molar-refractivity contribution in [2.75, 3.05) is 20.2 Å². The van der Waals surface area contributed by atoms with Crippen LogP contribution in [0.25, 0.3) is 0 Å². The fourth-order valence-corrected chi connectivity index (χ4v) is 3.08. The molecule has 0 atom stereocenters. The highest BCUT2D eigenvalue weighted by Gasteiger charge is 2.35. The molecule has 2 heteroatoms. The van der Waals surface area contributed by atoms with Crippen molar-refractivity contribution < 1.29 is 4.74 Å². The summed E-state index contributed by atoms with van der Waals surface area (Å²) in [7, 11) is 1.75. The summed E-state index contributed by atoms with van der Waals surface area (Å²) < 4.78 is 5.36. The number of rotatable bonds is 6. The molecule has 1 N–H and O–H groups in total. The number of hydrogen-bond acceptors (Lipinski definition) is 2. The molecule has 0 bridgehead atoms. The lowest BCUT2D eigenvalue weighted by molar-refractivity contribution is 0.393. The van der Waals surface area contributed by atoms with Crippen molar-refractivity contribution in [1.29, 1.82) is 0 Å². The molecule has 0 unspecified atom stereocenters. The zero-order valence-electron chi connectivity index (χ0n) is 11.7. The monoisotopic (exact) mass is 247 g/mol. The zero-order valence-corrected chi connectivity index (χ0v) is 11.7. The molecule has 0 aliphatic heterocycles. The Bertz CT molecular complexity index is 369. The van der Waals surface area contributed by atoms with E-state index in [4.69, 9.17) is 4.74 Å². The largest absolute Gasteiger partial charge is 0.497 e. The van der Waals surface area contributed by atoms with E-state index in [9.17, 15) is 0 Å². The maximum absolute atomic E-state index is 5.36. The Balaban J connectivity index is 2.17. The molecule has 100 valence electrons. The van der Waals surface area contributed by atoms with Crippen LogP contribution in [0.3, 0.4) is 0 Å². The van der Waals surface area contributed by atoms with Crippen LogP contribution >= 0.6 is 0 Å². The van der Waals surface area contributed by atoms with Crippen molar-refractivity contribution in [2.24, 2.45) is 0 Å². The summed E-state index contributed by atoms with van der Waals surface area (Å²) in [5, 5.41) is 3.61. The smallest absolute Gasteiger partial charge is 0.119 e. The van der Waals surface area contributed by atoms with Crippen molar-refractivity contribution in [3.63, 3.8) is 0 Å². The number of nitrogens with one attached hydrogen (secondary N) is 1. The van der Waals surface area contributed by atoms with Gasteiger partial charge in [0.05, 0.1) is 7.11 Å². The third-order valence-electron chi connectivity index (χ3n) is 4.13. The number of hydrogen-bond donors (Lipinski definition) is 1. The van der Waals surface area contributed by atoms with Gasteiger partial charge in [-0.25, -0.2) is 0 Å². The second-order valence-electron chi connectivity index (χ2n) is 5.40. The zero-order chi connectivity index (χ0) is 12.8. The molecule has 0 spiro atoms. The van der Waals surface area contributed by atoms with E-state index in [1.54, 1.807) is 7.11 Å². The van der Waals surface area contributed by atoms with E-state index in [0.717, 1.165) is 18.8 Å². The summed E-state index contributed by atoms with van der Waals surface area (Å²) >= 11 is 0. The van der Waals surface area contributed by atoms with Gasteiger partial charge in [0.15, 0.2) is 0 Å². The highest BCUT2D eigenvalue weighted by Crippen LogP contribution is 2.41. The molecule has 2 rings (SSSR count). The molecule has 0 heterocycles. The van der Waals surface area contributed by atoms with Gasteiger partial charge in [0.1, 0.15) is 5.75 Å². The molecule has 0 saturated heterocycles. The van der Waals surface area contributed by atoms with Crippen LogP contribution in [0, 0.1) is 0 Å². The average molecular weight is 247 g/mol. The van der Waals surface area contributed by atoms with Gasteiger partial charge in [-0.15, -0.1) is 0 Å². The van der Waals surface area contributed by atoms with Gasteiger partial charge >= 0.3 is 0 Å². The minimum Gasteiger partial charge on any atom is -0.497 e. The van der Waals surface area contributed by atoms with Crippen LogP contribution < -0.4 is 10.1 Å². The predicted octanol–water partition coefficient (Wildman–Crippen LogP) is 3.51. The first-order valence-corrected chi connectivity index (χ1v) is 7.16. The van der Waals surface area contributed by atoms with Gasteiger partial charge in [-0.3, -0.25) is 0 Å². The Hall–Kier alpha value is -1.02. The van der Waals surface area contributed by atoms with Crippen molar-refractivity contribution in [3.8, 4) is 5.75 Å². The predicted molar refractivity (Wildman–Crippen MR) is 76.3 cm³/mol. The van der Waals surface area contributed by atoms with E-state index in [-0.39, 0.29) is 0 Å². The number of ether oxygens (including phenoxy) is 1. The molecule has 1 aliphatic rings. The van der Waals surface area contributed by atoms with Crippen LogP contribution in [-0.2, 0) is 5.41 Å². The Kier molecular flexibility index (Phi) is 4.65. The Labute approximate surface area is 111 Å². The lowest BCUT2D eigenvalue weighted by Gasteiger charge is -2.30. The summed E-state index contributed by atoms with van der Waals surface area (Å²) in [6, 6.07) is 8.64. The van der Waals surface area contributed by atoms with Crippen LogP contribution in [0.2, 0.25) is 0 Å². The lowest BCUT2D eigenvalue weighted by Crippen LogP contribution is -2.36. The van der Waals surface area contributed by atoms with Gasteiger partial charge < -0.3 is 10.1 Å². The second-order valence-corrected chi connectivity index (χ2v) is 5.40. The van der Waals surface area contributed by atoms with Crippen molar-refractivity contribution in [2.45, 2.75) is 44.4 Å². The van der Waals surface area contributed by atoms with Gasteiger partial charge in [0, 0.05) is 12.0 Å². The molecule has 0 radical (unpaired) electrons.